The van der Waals surface area contributed by atoms with E-state index in [1.807, 2.05) is 0 Å². The number of rotatable bonds is 6. The number of carboxylic acids is 1. The minimum Gasteiger partial charge on any atom is -0.478 e. The molecule has 2 bridgehead atoms. The molecule has 37 heavy (non-hydrogen) atoms. The van der Waals surface area contributed by atoms with E-state index in [-0.39, 0.29) is 40.9 Å². The van der Waals surface area contributed by atoms with Gasteiger partial charge in [0.15, 0.2) is 5.76 Å². The van der Waals surface area contributed by atoms with Crippen LogP contribution >= 0.6 is 23.2 Å². The number of hydrogen-bond donors (Lipinski definition) is 1. The summed E-state index contributed by atoms with van der Waals surface area (Å²) in [7, 11) is 0. The number of ether oxygens (including phenoxy) is 1. The molecule has 0 radical (unpaired) electrons. The van der Waals surface area contributed by atoms with Gasteiger partial charge in [0.1, 0.15) is 23.2 Å². The number of aromatic nitrogens is 1. The molecule has 3 fully saturated rings. The van der Waals surface area contributed by atoms with Gasteiger partial charge >= 0.3 is 11.9 Å². The van der Waals surface area contributed by atoms with E-state index in [4.69, 9.17) is 37.6 Å². The monoisotopic (exact) mass is 544 g/mol. The Morgan fingerprint density at radius 1 is 1.05 bits per heavy atom. The molecule has 10 heteroatoms. The van der Waals surface area contributed by atoms with Crippen LogP contribution in [0, 0.1) is 5.82 Å². The molecule has 3 aromatic rings. The van der Waals surface area contributed by atoms with E-state index >= 15 is 0 Å². The van der Waals surface area contributed by atoms with E-state index in [1.165, 1.54) is 12.1 Å². The number of carbonyl (C=O) groups is 2. The average Bonchev–Trinajstić information content (AvgIpc) is 3.54. The summed E-state index contributed by atoms with van der Waals surface area (Å²) in [5, 5.41) is 14.0. The lowest BCUT2D eigenvalue weighted by molar-refractivity contribution is 0.0202. The molecular formula is C27H23Cl2FN2O5. The first kappa shape index (κ1) is 24.2. The number of anilines is 1. The van der Waals surface area contributed by atoms with E-state index in [1.54, 1.807) is 24.3 Å². The van der Waals surface area contributed by atoms with Crippen LogP contribution in [0.4, 0.5) is 10.1 Å². The summed E-state index contributed by atoms with van der Waals surface area (Å²) < 4.78 is 26.0. The van der Waals surface area contributed by atoms with Crippen molar-refractivity contribution in [3.63, 3.8) is 0 Å². The van der Waals surface area contributed by atoms with E-state index in [0.29, 0.717) is 39.9 Å². The molecule has 1 saturated carbocycles. The van der Waals surface area contributed by atoms with Crippen molar-refractivity contribution in [1.29, 1.82) is 0 Å². The quantitative estimate of drug-likeness (QED) is 0.344. The normalized spacial score (nSPS) is 22.8. The highest BCUT2D eigenvalue weighted by molar-refractivity contribution is 6.39. The van der Waals surface area contributed by atoms with Crippen LogP contribution in [0.3, 0.4) is 0 Å². The zero-order chi connectivity index (χ0) is 25.8. The van der Waals surface area contributed by atoms with Crippen LogP contribution in [0.25, 0.3) is 11.3 Å². The van der Waals surface area contributed by atoms with E-state index in [0.717, 1.165) is 25.7 Å². The topological polar surface area (TPSA) is 92.9 Å². The standard InChI is InChI=1S/C27H23Cl2FN2O5/c28-19-2-1-3-20(29)22(19)24-23(25(37-31-24)13-4-5-13)27(35)36-17-10-14-6-7-15(11-17)32(14)16-8-9-18(26(33)34)21(30)12-16/h1-3,8-9,12-15,17H,4-7,10-11H2,(H,33,34)/t14-,15+,17?. The Morgan fingerprint density at radius 2 is 1.73 bits per heavy atom. The van der Waals surface area contributed by atoms with Crippen molar-refractivity contribution in [2.45, 2.75) is 62.6 Å². The summed E-state index contributed by atoms with van der Waals surface area (Å²) in [5.74, 6) is -1.95. The highest BCUT2D eigenvalue weighted by atomic mass is 35.5. The van der Waals surface area contributed by atoms with Crippen molar-refractivity contribution in [1.82, 2.24) is 5.16 Å². The fourth-order valence-electron chi connectivity index (χ4n) is 5.71. The van der Waals surface area contributed by atoms with Gasteiger partial charge in [0.2, 0.25) is 0 Å². The number of aromatic carboxylic acids is 1. The van der Waals surface area contributed by atoms with Gasteiger partial charge in [-0.3, -0.25) is 0 Å². The van der Waals surface area contributed by atoms with E-state index < -0.39 is 17.8 Å². The van der Waals surface area contributed by atoms with Crippen molar-refractivity contribution >= 4 is 40.8 Å². The molecule has 6 rings (SSSR count). The second kappa shape index (κ2) is 9.33. The summed E-state index contributed by atoms with van der Waals surface area (Å²) >= 11 is 12.8. The first-order chi connectivity index (χ1) is 17.8. The maximum absolute atomic E-state index is 14.4. The molecule has 1 aromatic heterocycles. The van der Waals surface area contributed by atoms with Crippen LogP contribution < -0.4 is 4.90 Å². The van der Waals surface area contributed by atoms with Crippen LogP contribution in [0.5, 0.6) is 0 Å². The van der Waals surface area contributed by atoms with Gasteiger partial charge in [0.05, 0.1) is 15.6 Å². The Kier molecular flexibility index (Phi) is 6.12. The summed E-state index contributed by atoms with van der Waals surface area (Å²) in [6.07, 6.45) is 4.40. The van der Waals surface area contributed by atoms with E-state index in [2.05, 4.69) is 10.1 Å². The van der Waals surface area contributed by atoms with Crippen molar-refractivity contribution in [2.24, 2.45) is 0 Å². The number of carbonyl (C=O) groups excluding carboxylic acids is 1. The number of nitrogens with zero attached hydrogens (tertiary/aromatic N) is 2. The predicted octanol–water partition coefficient (Wildman–Crippen LogP) is 6.72. The zero-order valence-electron chi connectivity index (χ0n) is 19.6. The third kappa shape index (κ3) is 4.36. The third-order valence-corrected chi connectivity index (χ3v) is 8.15. The summed E-state index contributed by atoms with van der Waals surface area (Å²) in [6.45, 7) is 0. The van der Waals surface area contributed by atoms with Crippen molar-refractivity contribution in [2.75, 3.05) is 4.90 Å². The Bertz CT molecular complexity index is 1370. The Balaban J connectivity index is 1.24. The number of fused-ring (bicyclic) bond motifs is 2. The van der Waals surface area contributed by atoms with Gasteiger partial charge in [-0.05, 0) is 56.0 Å². The number of halogens is 3. The highest BCUT2D eigenvalue weighted by Crippen LogP contribution is 2.47. The molecule has 1 N–H and O–H groups in total. The van der Waals surface area contributed by atoms with Gasteiger partial charge in [-0.15, -0.1) is 0 Å². The number of hydrogen-bond acceptors (Lipinski definition) is 6. The number of esters is 1. The maximum atomic E-state index is 14.4. The van der Waals surface area contributed by atoms with Crippen LogP contribution in [0.1, 0.15) is 70.9 Å². The fraction of sp³-hybridized carbons (Fsp3) is 0.370. The predicted molar refractivity (Wildman–Crippen MR) is 135 cm³/mol. The Labute approximate surface area is 222 Å². The molecule has 3 heterocycles. The SMILES string of the molecule is O=C(O)c1ccc(N2[C@@H]3CC[C@H]2CC(OC(=O)c2c(-c4c(Cl)cccc4Cl)noc2C2CC2)C3)cc1F. The van der Waals surface area contributed by atoms with Crippen LogP contribution in [-0.4, -0.2) is 40.4 Å². The van der Waals surface area contributed by atoms with E-state index in [9.17, 15) is 14.0 Å². The average molecular weight is 545 g/mol. The fourth-order valence-corrected chi connectivity index (χ4v) is 6.29. The first-order valence-electron chi connectivity index (χ1n) is 12.3. The van der Waals surface area contributed by atoms with Gasteiger partial charge < -0.3 is 19.3 Å². The van der Waals surface area contributed by atoms with Gasteiger partial charge in [-0.2, -0.15) is 0 Å². The largest absolute Gasteiger partial charge is 0.478 e. The molecular weight excluding hydrogens is 522 g/mol. The summed E-state index contributed by atoms with van der Waals surface area (Å²) in [5.41, 5.74) is 1.30. The first-order valence-corrected chi connectivity index (χ1v) is 13.0. The Hall–Kier alpha value is -3.10. The van der Waals surface area contributed by atoms with Crippen LogP contribution in [-0.2, 0) is 4.74 Å². The third-order valence-electron chi connectivity index (χ3n) is 7.52. The molecule has 0 spiro atoms. The van der Waals surface area contributed by atoms with Crippen molar-refractivity contribution in [3.8, 4) is 11.3 Å². The lowest BCUT2D eigenvalue weighted by Gasteiger charge is -2.40. The number of carboxylic acid groups (broad SMARTS) is 1. The molecule has 1 aliphatic carbocycles. The van der Waals surface area contributed by atoms with Gasteiger partial charge in [0.25, 0.3) is 0 Å². The van der Waals surface area contributed by atoms with Crippen molar-refractivity contribution < 1.29 is 28.3 Å². The summed E-state index contributed by atoms with van der Waals surface area (Å²) in [6, 6.07) is 9.40. The van der Waals surface area contributed by atoms with Crippen molar-refractivity contribution in [3.05, 3.63) is 69.1 Å². The zero-order valence-corrected chi connectivity index (χ0v) is 21.1. The molecule has 3 atom stereocenters. The second-order valence-corrected chi connectivity index (χ2v) is 10.7. The number of piperidine rings is 1. The molecule has 2 aromatic carbocycles. The molecule has 2 aliphatic heterocycles. The molecule has 3 aliphatic rings. The summed E-state index contributed by atoms with van der Waals surface area (Å²) in [4.78, 5) is 26.9. The van der Waals surface area contributed by atoms with Gasteiger partial charge in [-0.25, -0.2) is 14.0 Å². The van der Waals surface area contributed by atoms with Gasteiger partial charge in [-0.1, -0.05) is 34.4 Å². The van der Waals surface area contributed by atoms with Crippen LogP contribution in [0.15, 0.2) is 40.9 Å². The minimum absolute atomic E-state index is 0.0505. The molecule has 7 nitrogen and oxygen atoms in total. The minimum atomic E-state index is -1.30. The van der Waals surface area contributed by atoms with Gasteiger partial charge in [0, 0.05) is 42.1 Å². The maximum Gasteiger partial charge on any atom is 0.344 e. The number of benzene rings is 2. The lowest BCUT2D eigenvalue weighted by atomic mass is 9.98. The molecule has 192 valence electrons. The highest BCUT2D eigenvalue weighted by Gasteiger charge is 2.44. The lowest BCUT2D eigenvalue weighted by Crippen LogP contribution is -2.46. The molecule has 2 saturated heterocycles. The Morgan fingerprint density at radius 3 is 2.32 bits per heavy atom. The smallest absolute Gasteiger partial charge is 0.344 e. The molecule has 0 amide bonds. The molecule has 1 unspecified atom stereocenters. The van der Waals surface area contributed by atoms with Crippen LogP contribution in [0.2, 0.25) is 10.0 Å². The second-order valence-electron chi connectivity index (χ2n) is 9.90.